The third kappa shape index (κ3) is 5.28. The number of hydrogen-bond acceptors (Lipinski definition) is 8. The minimum Gasteiger partial charge on any atom is -0.477 e. The molecule has 1 aliphatic carbocycles. The lowest BCUT2D eigenvalue weighted by molar-refractivity contribution is -0.0591. The van der Waals surface area contributed by atoms with Gasteiger partial charge in [0.1, 0.15) is 23.5 Å². The van der Waals surface area contributed by atoms with Gasteiger partial charge in [0.15, 0.2) is 11.3 Å². The molecule has 0 saturated carbocycles. The molecule has 1 aliphatic heterocycles. The molecule has 12 heteroatoms. The van der Waals surface area contributed by atoms with Gasteiger partial charge in [-0.15, -0.1) is 0 Å². The Balaban J connectivity index is 1.03. The first kappa shape index (κ1) is 27.1. The van der Waals surface area contributed by atoms with Crippen LogP contribution in [-0.4, -0.2) is 43.3 Å². The monoisotopic (exact) mass is 608 g/mol. The van der Waals surface area contributed by atoms with Crippen LogP contribution in [0.4, 0.5) is 4.39 Å². The number of ether oxygens (including phenoxy) is 2. The molecule has 1 unspecified atom stereocenters. The highest BCUT2D eigenvalue weighted by atomic mass is 35.5. The molecule has 2 aliphatic rings. The summed E-state index contributed by atoms with van der Waals surface area (Å²) in [5.74, 6) is 0.247. The maximum absolute atomic E-state index is 13.7. The number of benzene rings is 1. The number of pyridine rings is 1. The van der Waals surface area contributed by atoms with Gasteiger partial charge in [0.2, 0.25) is 0 Å². The van der Waals surface area contributed by atoms with Gasteiger partial charge in [-0.2, -0.15) is 4.39 Å². The third-order valence-corrected chi connectivity index (χ3v) is 8.99. The molecule has 4 aromatic heterocycles. The zero-order chi connectivity index (χ0) is 28.8. The molecular weight excluding hydrogens is 583 g/mol. The van der Waals surface area contributed by atoms with Gasteiger partial charge in [0, 0.05) is 35.4 Å². The maximum Gasteiger partial charge on any atom is 0.354 e. The van der Waals surface area contributed by atoms with E-state index >= 15 is 0 Å². The van der Waals surface area contributed by atoms with Crippen LogP contribution in [0.25, 0.3) is 27.7 Å². The van der Waals surface area contributed by atoms with E-state index in [1.807, 2.05) is 9.95 Å². The van der Waals surface area contributed by atoms with Gasteiger partial charge >= 0.3 is 5.97 Å². The summed E-state index contributed by atoms with van der Waals surface area (Å²) in [4.78, 5) is 25.4. The molecule has 1 fully saturated rings. The fourth-order valence-electron chi connectivity index (χ4n) is 5.55. The molecule has 42 heavy (non-hydrogen) atoms. The Kier molecular flexibility index (Phi) is 7.17. The molecule has 2 atom stereocenters. The first-order valence-electron chi connectivity index (χ1n) is 13.8. The summed E-state index contributed by atoms with van der Waals surface area (Å²) in [6.07, 6.45) is 6.81. The molecule has 0 amide bonds. The normalized spacial score (nSPS) is 18.8. The third-order valence-electron chi connectivity index (χ3n) is 7.91. The molecule has 216 valence electrons. The summed E-state index contributed by atoms with van der Waals surface area (Å²) in [6, 6.07) is 7.29. The van der Waals surface area contributed by atoms with Crippen molar-refractivity contribution in [2.75, 3.05) is 6.61 Å². The second-order valence-electron chi connectivity index (χ2n) is 10.6. The quantitative estimate of drug-likeness (QED) is 0.192. The number of carbonyl (C=O) groups is 1. The van der Waals surface area contributed by atoms with Crippen LogP contribution in [0.2, 0.25) is 5.02 Å². The Bertz CT molecular complexity index is 1840. The van der Waals surface area contributed by atoms with Gasteiger partial charge in [-0.1, -0.05) is 35.1 Å². The average molecular weight is 609 g/mol. The highest BCUT2D eigenvalue weighted by Crippen LogP contribution is 2.35. The average Bonchev–Trinajstić information content (AvgIpc) is 3.68. The topological polar surface area (TPSA) is 112 Å². The number of aromatic nitrogens is 4. The summed E-state index contributed by atoms with van der Waals surface area (Å²) in [5, 5.41) is 12.9. The van der Waals surface area contributed by atoms with Crippen LogP contribution >= 0.6 is 22.9 Å². The standard InChI is InChI=1S/C30H26ClFN4O5S/c31-21-6-5-18(27-20(21)12-25(32)41-27)14-40-30-35-24(15-42-30)17-3-1-16(2-4-17)11-26-33-22-7-8-23(29(37)38)34-28(22)36(26)13-19-9-10-39-19/h3,5-8,12,15-16,19H,1-2,4,9-11,13-14H2,(H,37,38)/t16?,19-/m0/s1. The fraction of sp³-hybridized carbons (Fsp3) is 0.333. The van der Waals surface area contributed by atoms with E-state index in [2.05, 4.69) is 16.0 Å². The smallest absolute Gasteiger partial charge is 0.354 e. The number of allylic oxidation sites excluding steroid dienone is 2. The van der Waals surface area contributed by atoms with Crippen LogP contribution in [0.3, 0.4) is 0 Å². The number of halogens is 2. The number of fused-ring (bicyclic) bond motifs is 2. The number of carboxylic acid groups (broad SMARTS) is 1. The van der Waals surface area contributed by atoms with Crippen molar-refractivity contribution in [2.24, 2.45) is 5.92 Å². The molecule has 1 aromatic carbocycles. The molecule has 5 aromatic rings. The summed E-state index contributed by atoms with van der Waals surface area (Å²) >= 11 is 7.58. The van der Waals surface area contributed by atoms with E-state index in [0.717, 1.165) is 50.2 Å². The van der Waals surface area contributed by atoms with Crippen LogP contribution in [0.1, 0.15) is 53.3 Å². The Hall–Kier alpha value is -3.80. The number of aromatic carboxylic acids is 1. The molecule has 1 saturated heterocycles. The number of furan rings is 1. The molecular formula is C30H26ClFN4O5S. The highest BCUT2D eigenvalue weighted by Gasteiger charge is 2.26. The van der Waals surface area contributed by atoms with Crippen molar-refractivity contribution in [2.45, 2.75) is 51.4 Å². The minimum absolute atomic E-state index is 0.0119. The van der Waals surface area contributed by atoms with Crippen LogP contribution in [0.5, 0.6) is 5.19 Å². The summed E-state index contributed by atoms with van der Waals surface area (Å²) < 4.78 is 32.5. The molecule has 9 nitrogen and oxygen atoms in total. The van der Waals surface area contributed by atoms with Gasteiger partial charge in [0.05, 0.1) is 23.4 Å². The molecule has 0 bridgehead atoms. The van der Waals surface area contributed by atoms with Gasteiger partial charge in [0.25, 0.3) is 11.2 Å². The number of carboxylic acids is 1. The first-order valence-corrected chi connectivity index (χ1v) is 15.0. The van der Waals surface area contributed by atoms with Crippen molar-refractivity contribution in [1.82, 2.24) is 19.5 Å². The van der Waals surface area contributed by atoms with Crippen molar-refractivity contribution in [3.8, 4) is 5.19 Å². The number of nitrogens with zero attached hydrogens (tertiary/aromatic N) is 4. The lowest BCUT2D eigenvalue weighted by atomic mass is 9.86. The number of hydrogen-bond donors (Lipinski definition) is 1. The summed E-state index contributed by atoms with van der Waals surface area (Å²) in [7, 11) is 0. The Morgan fingerprint density at radius 3 is 2.86 bits per heavy atom. The van der Waals surface area contributed by atoms with E-state index in [-0.39, 0.29) is 18.4 Å². The lowest BCUT2D eigenvalue weighted by Crippen LogP contribution is -2.32. The fourth-order valence-corrected chi connectivity index (χ4v) is 6.45. The molecule has 7 rings (SSSR count). The molecule has 5 heterocycles. The Labute approximate surface area is 248 Å². The van der Waals surface area contributed by atoms with Crippen LogP contribution in [-0.2, 0) is 24.3 Å². The molecule has 1 N–H and O–H groups in total. The molecule has 0 spiro atoms. The van der Waals surface area contributed by atoms with Gasteiger partial charge in [-0.3, -0.25) is 0 Å². The molecule has 0 radical (unpaired) electrons. The van der Waals surface area contributed by atoms with E-state index in [4.69, 9.17) is 30.5 Å². The summed E-state index contributed by atoms with van der Waals surface area (Å²) in [6.45, 7) is 1.55. The zero-order valence-electron chi connectivity index (χ0n) is 22.4. The van der Waals surface area contributed by atoms with Crippen molar-refractivity contribution in [3.05, 3.63) is 75.6 Å². The predicted molar refractivity (Wildman–Crippen MR) is 155 cm³/mol. The van der Waals surface area contributed by atoms with E-state index < -0.39 is 12.0 Å². The van der Waals surface area contributed by atoms with Gasteiger partial charge in [-0.05, 0) is 55.4 Å². The van der Waals surface area contributed by atoms with Crippen molar-refractivity contribution in [1.29, 1.82) is 0 Å². The highest BCUT2D eigenvalue weighted by molar-refractivity contribution is 7.11. The second kappa shape index (κ2) is 11.1. The zero-order valence-corrected chi connectivity index (χ0v) is 24.0. The summed E-state index contributed by atoms with van der Waals surface area (Å²) in [5.41, 5.74) is 4.47. The van der Waals surface area contributed by atoms with Crippen molar-refractivity contribution >= 4 is 56.6 Å². The van der Waals surface area contributed by atoms with E-state index in [9.17, 15) is 14.3 Å². The SMILES string of the molecule is O=C(O)c1ccc2nc(CC3CC=C(c4csc(OCc5ccc(Cl)c6cc(F)oc56)n4)CC3)n(C[C@@H]3CCO3)c2n1. The van der Waals surface area contributed by atoms with Crippen LogP contribution in [0, 0.1) is 11.9 Å². The van der Waals surface area contributed by atoms with Gasteiger partial charge in [-0.25, -0.2) is 19.7 Å². The van der Waals surface area contributed by atoms with Crippen molar-refractivity contribution in [3.63, 3.8) is 0 Å². The largest absolute Gasteiger partial charge is 0.477 e. The first-order chi connectivity index (χ1) is 20.4. The second-order valence-corrected chi connectivity index (χ2v) is 11.9. The van der Waals surface area contributed by atoms with E-state index in [0.29, 0.717) is 50.4 Å². The Morgan fingerprint density at radius 2 is 2.10 bits per heavy atom. The number of imidazole rings is 1. The lowest BCUT2D eigenvalue weighted by Gasteiger charge is -2.28. The van der Waals surface area contributed by atoms with E-state index in [1.165, 1.54) is 29.0 Å². The van der Waals surface area contributed by atoms with Crippen LogP contribution in [0.15, 0.2) is 46.2 Å². The van der Waals surface area contributed by atoms with Crippen LogP contribution < -0.4 is 4.74 Å². The number of thiazole rings is 1. The number of rotatable bonds is 9. The Morgan fingerprint density at radius 1 is 1.21 bits per heavy atom. The van der Waals surface area contributed by atoms with E-state index in [1.54, 1.807) is 18.2 Å². The van der Waals surface area contributed by atoms with Gasteiger partial charge < -0.3 is 23.6 Å². The van der Waals surface area contributed by atoms with Crippen molar-refractivity contribution < 1.29 is 28.2 Å². The predicted octanol–water partition coefficient (Wildman–Crippen LogP) is 6.92. The minimum atomic E-state index is -1.05. The maximum atomic E-state index is 13.7.